The number of amides is 1. The highest BCUT2D eigenvalue weighted by Gasteiger charge is 2.16. The number of hydrogen-bond donors (Lipinski definition) is 0. The van der Waals surface area contributed by atoms with Gasteiger partial charge in [-0.2, -0.15) is 4.99 Å². The van der Waals surface area contributed by atoms with Gasteiger partial charge in [0, 0.05) is 5.92 Å². The Morgan fingerprint density at radius 3 is 2.65 bits per heavy atom. The molecule has 0 aliphatic heterocycles. The maximum absolute atomic E-state index is 12.0. The van der Waals surface area contributed by atoms with Crippen molar-refractivity contribution in [3.63, 3.8) is 0 Å². The van der Waals surface area contributed by atoms with Crippen LogP contribution in [0.3, 0.4) is 0 Å². The standard InChI is InChI=1S/C15H16Cl2N2O3S/c1-4-22-11(20)7-19-13-10(6-5-9(16)12(13)17)23-15(19)18-14(21)8(2)3/h5-6,8H,4,7H2,1-3H3. The summed E-state index contributed by atoms with van der Waals surface area (Å²) in [4.78, 5) is 28.3. The van der Waals surface area contributed by atoms with E-state index in [1.165, 1.54) is 11.3 Å². The molecule has 1 heterocycles. The maximum atomic E-state index is 12.0. The smallest absolute Gasteiger partial charge is 0.326 e. The van der Waals surface area contributed by atoms with Gasteiger partial charge in [0.05, 0.1) is 26.9 Å². The monoisotopic (exact) mass is 374 g/mol. The number of fused-ring (bicyclic) bond motifs is 1. The molecule has 0 spiro atoms. The third-order valence-electron chi connectivity index (χ3n) is 3.03. The molecule has 0 unspecified atom stereocenters. The molecule has 0 saturated heterocycles. The van der Waals surface area contributed by atoms with Crippen LogP contribution in [0.2, 0.25) is 10.0 Å². The number of carbonyl (C=O) groups is 2. The van der Waals surface area contributed by atoms with Crippen LogP contribution >= 0.6 is 34.5 Å². The Morgan fingerprint density at radius 2 is 2.04 bits per heavy atom. The molecule has 0 radical (unpaired) electrons. The van der Waals surface area contributed by atoms with Gasteiger partial charge in [-0.3, -0.25) is 9.59 Å². The minimum Gasteiger partial charge on any atom is -0.465 e. The van der Waals surface area contributed by atoms with E-state index in [1.807, 2.05) is 0 Å². The third kappa shape index (κ3) is 3.94. The van der Waals surface area contributed by atoms with Gasteiger partial charge in [0.25, 0.3) is 5.91 Å². The van der Waals surface area contributed by atoms with E-state index in [1.54, 1.807) is 37.5 Å². The number of aromatic nitrogens is 1. The van der Waals surface area contributed by atoms with Crippen molar-refractivity contribution in [1.82, 2.24) is 4.57 Å². The first-order valence-electron chi connectivity index (χ1n) is 7.06. The Morgan fingerprint density at radius 1 is 1.35 bits per heavy atom. The van der Waals surface area contributed by atoms with Crippen molar-refractivity contribution in [2.45, 2.75) is 27.3 Å². The summed E-state index contributed by atoms with van der Waals surface area (Å²) in [6, 6.07) is 3.46. The van der Waals surface area contributed by atoms with Gasteiger partial charge in [0.2, 0.25) is 0 Å². The highest BCUT2D eigenvalue weighted by atomic mass is 35.5. The van der Waals surface area contributed by atoms with Crippen LogP contribution in [0.15, 0.2) is 17.1 Å². The van der Waals surface area contributed by atoms with E-state index in [2.05, 4.69) is 4.99 Å². The molecule has 23 heavy (non-hydrogen) atoms. The molecule has 0 fully saturated rings. The molecule has 0 atom stereocenters. The van der Waals surface area contributed by atoms with Crippen molar-refractivity contribution in [2.75, 3.05) is 6.61 Å². The molecule has 0 aliphatic rings. The van der Waals surface area contributed by atoms with E-state index in [4.69, 9.17) is 27.9 Å². The lowest BCUT2D eigenvalue weighted by atomic mass is 10.2. The lowest BCUT2D eigenvalue weighted by molar-refractivity contribution is -0.143. The minimum absolute atomic E-state index is 0.0852. The average Bonchev–Trinajstić information content (AvgIpc) is 2.81. The minimum atomic E-state index is -0.429. The van der Waals surface area contributed by atoms with Crippen LogP contribution in [0.1, 0.15) is 20.8 Å². The predicted molar refractivity (Wildman–Crippen MR) is 91.9 cm³/mol. The molecule has 0 bridgehead atoms. The van der Waals surface area contributed by atoms with Crippen molar-refractivity contribution in [3.05, 3.63) is 27.0 Å². The number of rotatable bonds is 4. The molecule has 0 saturated carbocycles. The summed E-state index contributed by atoms with van der Waals surface area (Å²) in [5.41, 5.74) is 0.576. The molecule has 1 amide bonds. The lowest BCUT2D eigenvalue weighted by Gasteiger charge is -2.07. The van der Waals surface area contributed by atoms with Crippen molar-refractivity contribution in [3.8, 4) is 0 Å². The second-order valence-electron chi connectivity index (χ2n) is 5.09. The van der Waals surface area contributed by atoms with E-state index >= 15 is 0 Å². The van der Waals surface area contributed by atoms with Gasteiger partial charge >= 0.3 is 5.97 Å². The van der Waals surface area contributed by atoms with Crippen LogP contribution in [0.5, 0.6) is 0 Å². The summed E-state index contributed by atoms with van der Waals surface area (Å²) >= 11 is 13.6. The summed E-state index contributed by atoms with van der Waals surface area (Å²) in [6.07, 6.45) is 0. The molecule has 2 rings (SSSR count). The summed E-state index contributed by atoms with van der Waals surface area (Å²) in [5, 5.41) is 0.694. The van der Waals surface area contributed by atoms with Crippen LogP contribution in [0, 0.1) is 5.92 Å². The Balaban J connectivity index is 2.68. The van der Waals surface area contributed by atoms with Gasteiger partial charge in [-0.25, -0.2) is 0 Å². The zero-order valence-corrected chi connectivity index (χ0v) is 15.3. The van der Waals surface area contributed by atoms with E-state index in [0.717, 1.165) is 4.70 Å². The number of benzene rings is 1. The number of hydrogen-bond acceptors (Lipinski definition) is 4. The van der Waals surface area contributed by atoms with Crippen LogP contribution in [0.25, 0.3) is 10.2 Å². The predicted octanol–water partition coefficient (Wildman–Crippen LogP) is 3.66. The molecule has 0 N–H and O–H groups in total. The Hall–Kier alpha value is -1.37. The van der Waals surface area contributed by atoms with E-state index in [9.17, 15) is 9.59 Å². The molecule has 2 aromatic rings. The fourth-order valence-electron chi connectivity index (χ4n) is 1.89. The number of halogens is 2. The molecule has 1 aromatic carbocycles. The first kappa shape index (κ1) is 18.0. The highest BCUT2D eigenvalue weighted by Crippen LogP contribution is 2.32. The Bertz CT molecular complexity index is 824. The van der Waals surface area contributed by atoms with Gasteiger partial charge in [-0.1, -0.05) is 48.4 Å². The Kier molecular flexibility index (Phi) is 5.84. The molecule has 124 valence electrons. The fourth-order valence-corrected chi connectivity index (χ4v) is 3.41. The zero-order valence-electron chi connectivity index (χ0n) is 12.9. The topological polar surface area (TPSA) is 60.7 Å². The van der Waals surface area contributed by atoms with Gasteiger partial charge in [-0.05, 0) is 19.1 Å². The molecular formula is C15H16Cl2N2O3S. The number of ether oxygens (including phenoxy) is 1. The van der Waals surface area contributed by atoms with Gasteiger partial charge in [0.1, 0.15) is 6.54 Å². The number of thiazole rings is 1. The van der Waals surface area contributed by atoms with E-state index < -0.39 is 5.97 Å². The van der Waals surface area contributed by atoms with Crippen LogP contribution in [-0.2, 0) is 20.9 Å². The fraction of sp³-hybridized carbons (Fsp3) is 0.400. The van der Waals surface area contributed by atoms with Crippen molar-refractivity contribution < 1.29 is 14.3 Å². The Labute approximate surface area is 147 Å². The quantitative estimate of drug-likeness (QED) is 0.767. The van der Waals surface area contributed by atoms with Gasteiger partial charge < -0.3 is 9.30 Å². The zero-order chi connectivity index (χ0) is 17.1. The molecule has 0 aliphatic carbocycles. The molecule has 8 heteroatoms. The van der Waals surface area contributed by atoms with E-state index in [0.29, 0.717) is 20.4 Å². The average molecular weight is 375 g/mol. The summed E-state index contributed by atoms with van der Waals surface area (Å²) in [6.45, 7) is 5.44. The maximum Gasteiger partial charge on any atom is 0.326 e. The van der Waals surface area contributed by atoms with Crippen LogP contribution in [-0.4, -0.2) is 23.1 Å². The van der Waals surface area contributed by atoms with Crippen molar-refractivity contribution >= 4 is 56.6 Å². The number of nitrogens with zero attached hydrogens (tertiary/aromatic N) is 2. The second kappa shape index (κ2) is 7.47. The second-order valence-corrected chi connectivity index (χ2v) is 6.88. The summed E-state index contributed by atoms with van der Waals surface area (Å²) < 4.78 is 7.35. The van der Waals surface area contributed by atoms with Gasteiger partial charge in [0.15, 0.2) is 4.80 Å². The first-order chi connectivity index (χ1) is 10.8. The number of carbonyl (C=O) groups excluding carboxylic acids is 2. The first-order valence-corrected chi connectivity index (χ1v) is 8.64. The van der Waals surface area contributed by atoms with E-state index in [-0.39, 0.29) is 25.0 Å². The van der Waals surface area contributed by atoms with Crippen molar-refractivity contribution in [2.24, 2.45) is 10.9 Å². The summed E-state index contributed by atoms with van der Waals surface area (Å²) in [5.74, 6) is -0.937. The summed E-state index contributed by atoms with van der Waals surface area (Å²) in [7, 11) is 0. The molecule has 5 nitrogen and oxygen atoms in total. The largest absolute Gasteiger partial charge is 0.465 e. The van der Waals surface area contributed by atoms with Crippen molar-refractivity contribution in [1.29, 1.82) is 0 Å². The molecule has 1 aromatic heterocycles. The third-order valence-corrected chi connectivity index (χ3v) is 4.86. The number of esters is 1. The SMILES string of the molecule is CCOC(=O)Cn1c(=NC(=O)C(C)C)sc2ccc(Cl)c(Cl)c21. The van der Waals surface area contributed by atoms with Crippen LogP contribution < -0.4 is 4.80 Å². The lowest BCUT2D eigenvalue weighted by Crippen LogP contribution is -2.24. The molecular weight excluding hydrogens is 359 g/mol. The normalized spacial score (nSPS) is 12.2. The van der Waals surface area contributed by atoms with Gasteiger partial charge in [-0.15, -0.1) is 0 Å². The highest BCUT2D eigenvalue weighted by molar-refractivity contribution is 7.16. The van der Waals surface area contributed by atoms with Crippen LogP contribution in [0.4, 0.5) is 0 Å².